The smallest absolute Gasteiger partial charge is 0.213 e. The van der Waals surface area contributed by atoms with Crippen LogP contribution in [0.5, 0.6) is 0 Å². The number of aromatic nitrogens is 3. The molecule has 1 aromatic rings. The Morgan fingerprint density at radius 3 is 2.78 bits per heavy atom. The fourth-order valence-corrected chi connectivity index (χ4v) is 2.71. The van der Waals surface area contributed by atoms with Crippen molar-refractivity contribution in [3.63, 3.8) is 0 Å². The molecular weight excluding hydrogens is 252 g/mol. The first-order valence-electron chi connectivity index (χ1n) is 6.03. The minimum atomic E-state index is -0.393. The molecule has 1 saturated carbocycles. The first kappa shape index (κ1) is 12.9. The lowest BCUT2D eigenvalue weighted by Gasteiger charge is -2.23. The number of hydrogen-bond acceptors (Lipinski definition) is 4. The van der Waals surface area contributed by atoms with Gasteiger partial charge in [0.2, 0.25) is 6.04 Å². The van der Waals surface area contributed by atoms with Crippen molar-refractivity contribution in [1.29, 1.82) is 0 Å². The van der Waals surface area contributed by atoms with E-state index in [1.54, 1.807) is 6.08 Å². The molecule has 1 fully saturated rings. The minimum absolute atomic E-state index is 0.170. The van der Waals surface area contributed by atoms with Crippen LogP contribution in [0.3, 0.4) is 0 Å². The zero-order valence-corrected chi connectivity index (χ0v) is 10.9. The van der Waals surface area contributed by atoms with Gasteiger partial charge in [0.1, 0.15) is 5.82 Å². The Morgan fingerprint density at radius 1 is 1.56 bits per heavy atom. The molecule has 1 N–H and O–H groups in total. The van der Waals surface area contributed by atoms with Crippen LogP contribution in [0.4, 0.5) is 0 Å². The summed E-state index contributed by atoms with van der Waals surface area (Å²) >= 11 is 5.16. The highest BCUT2D eigenvalue weighted by Crippen LogP contribution is 2.32. The largest absolute Gasteiger partial charge is 0.300 e. The average Bonchev–Trinajstić information content (AvgIpc) is 2.72. The molecule has 0 radical (unpaired) electrons. The van der Waals surface area contributed by atoms with Gasteiger partial charge < -0.3 is 4.57 Å². The van der Waals surface area contributed by atoms with Crippen molar-refractivity contribution >= 4 is 12.2 Å². The second-order valence-electron chi connectivity index (χ2n) is 4.58. The Morgan fingerprint density at radius 2 is 2.22 bits per heavy atom. The van der Waals surface area contributed by atoms with Crippen molar-refractivity contribution in [1.82, 2.24) is 14.8 Å². The molecule has 0 unspecified atom stereocenters. The number of H-pyrrole nitrogens is 1. The molecule has 1 aliphatic carbocycles. The van der Waals surface area contributed by atoms with Gasteiger partial charge in [-0.15, -0.1) is 6.58 Å². The van der Waals surface area contributed by atoms with Gasteiger partial charge in [0.25, 0.3) is 0 Å². The summed E-state index contributed by atoms with van der Waals surface area (Å²) in [6.07, 6.45) is 4.60. The van der Waals surface area contributed by atoms with E-state index < -0.39 is 6.04 Å². The third-order valence-electron chi connectivity index (χ3n) is 3.46. The molecule has 1 heterocycles. The summed E-state index contributed by atoms with van der Waals surface area (Å²) in [5, 5.41) is 17.8. The lowest BCUT2D eigenvalue weighted by Crippen LogP contribution is -2.26. The van der Waals surface area contributed by atoms with Crippen LogP contribution < -0.4 is 0 Å². The average molecular weight is 268 g/mol. The first-order valence-corrected chi connectivity index (χ1v) is 6.43. The van der Waals surface area contributed by atoms with E-state index in [0.29, 0.717) is 24.2 Å². The molecule has 0 aliphatic heterocycles. The lowest BCUT2D eigenvalue weighted by molar-refractivity contribution is -0.526. The lowest BCUT2D eigenvalue weighted by atomic mass is 9.86. The molecule has 6 nitrogen and oxygen atoms in total. The summed E-state index contributed by atoms with van der Waals surface area (Å²) in [6.45, 7) is 4.32. The molecule has 0 spiro atoms. The molecule has 0 bridgehead atoms. The van der Waals surface area contributed by atoms with Gasteiger partial charge in [-0.25, -0.2) is 0 Å². The van der Waals surface area contributed by atoms with Crippen molar-refractivity contribution in [2.75, 3.05) is 0 Å². The van der Waals surface area contributed by atoms with Crippen LogP contribution in [-0.2, 0) is 6.54 Å². The fraction of sp³-hybridized carbons (Fsp3) is 0.636. The van der Waals surface area contributed by atoms with Gasteiger partial charge in [-0.1, -0.05) is 6.08 Å². The number of hydrogen-bond donors (Lipinski definition) is 1. The van der Waals surface area contributed by atoms with Gasteiger partial charge in [0, 0.05) is 30.2 Å². The van der Waals surface area contributed by atoms with Crippen LogP contribution in [0.1, 0.15) is 37.4 Å². The maximum absolute atomic E-state index is 10.7. The maximum Gasteiger partial charge on any atom is 0.213 e. The van der Waals surface area contributed by atoms with E-state index in [2.05, 4.69) is 16.8 Å². The Kier molecular flexibility index (Phi) is 3.90. The molecule has 2 rings (SSSR count). The van der Waals surface area contributed by atoms with E-state index in [4.69, 9.17) is 12.2 Å². The minimum Gasteiger partial charge on any atom is -0.300 e. The van der Waals surface area contributed by atoms with Gasteiger partial charge in [-0.2, -0.15) is 5.10 Å². The van der Waals surface area contributed by atoms with Crippen LogP contribution in [0.15, 0.2) is 12.7 Å². The summed E-state index contributed by atoms with van der Waals surface area (Å²) < 4.78 is 2.50. The van der Waals surface area contributed by atoms with E-state index in [1.165, 1.54) is 0 Å². The van der Waals surface area contributed by atoms with E-state index in [0.717, 1.165) is 18.7 Å². The normalized spacial score (nSPS) is 23.8. The highest BCUT2D eigenvalue weighted by Gasteiger charge is 2.31. The molecule has 0 amide bonds. The molecule has 0 saturated heterocycles. The van der Waals surface area contributed by atoms with Gasteiger partial charge in [-0.05, 0) is 25.1 Å². The van der Waals surface area contributed by atoms with Crippen LogP contribution in [-0.4, -0.2) is 25.7 Å². The quantitative estimate of drug-likeness (QED) is 0.394. The Labute approximate surface area is 110 Å². The van der Waals surface area contributed by atoms with E-state index in [1.807, 2.05) is 4.57 Å². The van der Waals surface area contributed by atoms with Gasteiger partial charge >= 0.3 is 0 Å². The standard InChI is InChI=1S/C11H16N4O2S/c1-2-7-14-10(12-13-11(14)18)8-3-5-9(6-4-8)15(16)17/h2,8-9H,1,3-7H2,(H,13,18). The predicted molar refractivity (Wildman–Crippen MR) is 69.6 cm³/mol. The maximum atomic E-state index is 10.7. The van der Waals surface area contributed by atoms with Crippen molar-refractivity contribution in [3.8, 4) is 0 Å². The molecule has 0 aromatic carbocycles. The van der Waals surface area contributed by atoms with E-state index in [-0.39, 0.29) is 10.8 Å². The second-order valence-corrected chi connectivity index (χ2v) is 4.96. The Bertz CT molecular complexity index is 499. The highest BCUT2D eigenvalue weighted by atomic mass is 32.1. The van der Waals surface area contributed by atoms with Gasteiger partial charge in [0.05, 0.1) is 0 Å². The summed E-state index contributed by atoms with van der Waals surface area (Å²) in [4.78, 5) is 10.6. The van der Waals surface area contributed by atoms with E-state index >= 15 is 0 Å². The summed E-state index contributed by atoms with van der Waals surface area (Å²) in [5.41, 5.74) is 0. The van der Waals surface area contributed by atoms with Crippen molar-refractivity contribution in [2.45, 2.75) is 44.2 Å². The van der Waals surface area contributed by atoms with Crippen LogP contribution in [0, 0.1) is 14.9 Å². The zero-order valence-electron chi connectivity index (χ0n) is 10.0. The predicted octanol–water partition coefficient (Wildman–Crippen LogP) is 2.43. The monoisotopic (exact) mass is 268 g/mol. The molecule has 0 atom stereocenters. The topological polar surface area (TPSA) is 76.8 Å². The van der Waals surface area contributed by atoms with Gasteiger partial charge in [0.15, 0.2) is 4.77 Å². The summed E-state index contributed by atoms with van der Waals surface area (Å²) in [6, 6.07) is -0.393. The first-order chi connectivity index (χ1) is 8.63. The molecule has 1 aliphatic rings. The van der Waals surface area contributed by atoms with E-state index in [9.17, 15) is 10.1 Å². The number of rotatable bonds is 4. The van der Waals surface area contributed by atoms with Crippen molar-refractivity contribution in [2.24, 2.45) is 0 Å². The van der Waals surface area contributed by atoms with Gasteiger partial charge in [-0.3, -0.25) is 15.2 Å². The number of nitro groups is 1. The van der Waals surface area contributed by atoms with Crippen LogP contribution in [0.25, 0.3) is 0 Å². The number of nitrogens with one attached hydrogen (secondary N) is 1. The zero-order chi connectivity index (χ0) is 13.1. The number of aromatic amines is 1. The Hall–Kier alpha value is -1.50. The molecule has 18 heavy (non-hydrogen) atoms. The molecule has 7 heteroatoms. The SMILES string of the molecule is C=CCn1c(C2CCC([N+](=O)[O-])CC2)n[nH]c1=S. The summed E-state index contributed by atoms with van der Waals surface area (Å²) in [7, 11) is 0. The third-order valence-corrected chi connectivity index (χ3v) is 3.77. The van der Waals surface area contributed by atoms with Crippen LogP contribution in [0.2, 0.25) is 0 Å². The number of nitrogens with zero attached hydrogens (tertiary/aromatic N) is 3. The molecular formula is C11H16N4O2S. The number of allylic oxidation sites excluding steroid dienone is 1. The summed E-state index contributed by atoms with van der Waals surface area (Å²) in [5.74, 6) is 1.16. The molecule has 98 valence electrons. The molecule has 1 aromatic heterocycles. The fourth-order valence-electron chi connectivity index (χ4n) is 2.49. The highest BCUT2D eigenvalue weighted by molar-refractivity contribution is 7.71. The Balaban J connectivity index is 2.12. The van der Waals surface area contributed by atoms with Crippen molar-refractivity contribution < 1.29 is 4.92 Å². The third kappa shape index (κ3) is 2.50. The van der Waals surface area contributed by atoms with Crippen LogP contribution >= 0.6 is 12.2 Å². The van der Waals surface area contributed by atoms with Crippen molar-refractivity contribution in [3.05, 3.63) is 33.4 Å². The second kappa shape index (κ2) is 5.43.